The van der Waals surface area contributed by atoms with Gasteiger partial charge in [0.05, 0.1) is 7.11 Å². The van der Waals surface area contributed by atoms with Gasteiger partial charge in [-0.2, -0.15) is 0 Å². The largest absolute Gasteiger partial charge is 0.490 e. The number of fused-ring (bicyclic) bond motifs is 1. The van der Waals surface area contributed by atoms with Crippen LogP contribution < -0.4 is 19.0 Å². The molecule has 0 saturated heterocycles. The molecule has 0 N–H and O–H groups in total. The molecule has 0 atom stereocenters. The van der Waals surface area contributed by atoms with Crippen molar-refractivity contribution in [3.8, 4) is 11.5 Å². The van der Waals surface area contributed by atoms with Crippen LogP contribution in [0.3, 0.4) is 0 Å². The van der Waals surface area contributed by atoms with E-state index in [4.69, 9.17) is 19.0 Å². The predicted molar refractivity (Wildman–Crippen MR) is 128 cm³/mol. The van der Waals surface area contributed by atoms with E-state index < -0.39 is 5.60 Å². The van der Waals surface area contributed by atoms with Crippen molar-refractivity contribution in [2.45, 2.75) is 73.1 Å². The topological polar surface area (TPSA) is 61.1 Å². The number of methoxy groups -OCH3 is 1. The van der Waals surface area contributed by atoms with Crippen molar-refractivity contribution < 1.29 is 28.6 Å². The van der Waals surface area contributed by atoms with E-state index in [9.17, 15) is 4.79 Å². The van der Waals surface area contributed by atoms with Gasteiger partial charge in [-0.15, -0.1) is 0 Å². The molecule has 1 aromatic heterocycles. The molecule has 1 amide bonds. The zero-order chi connectivity index (χ0) is 24.6. The first-order valence-electron chi connectivity index (χ1n) is 11.5. The fourth-order valence-electron chi connectivity index (χ4n) is 3.50. The number of hydrogen-bond acceptors (Lipinski definition) is 5. The minimum absolute atomic E-state index is 0.274. The van der Waals surface area contributed by atoms with Crippen molar-refractivity contribution in [2.24, 2.45) is 0 Å². The molecule has 2 aromatic rings. The smallest absolute Gasteiger partial charge is 0.410 e. The highest BCUT2D eigenvalue weighted by atomic mass is 16.6. The van der Waals surface area contributed by atoms with Crippen LogP contribution in [0.2, 0.25) is 0 Å². The number of ether oxygens (including phenoxy) is 3. The van der Waals surface area contributed by atoms with E-state index in [1.54, 1.807) is 23.8 Å². The number of nitrogens with zero attached hydrogens (tertiary/aromatic N) is 2. The van der Waals surface area contributed by atoms with Crippen LogP contribution in [-0.2, 0) is 24.3 Å². The SMILES string of the molecule is CCC.COc1ccc(C)[n+](OC)c1COc1ccc2c(c1)CCN(C(=O)OC(C)(C)C)C2. The van der Waals surface area contributed by atoms with Gasteiger partial charge in [-0.3, -0.25) is 4.84 Å². The van der Waals surface area contributed by atoms with Gasteiger partial charge < -0.3 is 19.1 Å². The molecule has 3 rings (SSSR count). The number of carbonyl (C=O) groups is 1. The third kappa shape index (κ3) is 7.27. The molecular formula is C26H39N2O5+. The van der Waals surface area contributed by atoms with Gasteiger partial charge in [-0.1, -0.05) is 26.3 Å². The number of benzene rings is 1. The summed E-state index contributed by atoms with van der Waals surface area (Å²) in [7, 11) is 3.24. The molecule has 0 saturated carbocycles. The maximum Gasteiger partial charge on any atom is 0.410 e. The highest BCUT2D eigenvalue weighted by Gasteiger charge is 2.26. The molecule has 0 bridgehead atoms. The van der Waals surface area contributed by atoms with Crippen molar-refractivity contribution >= 4 is 6.09 Å². The zero-order valence-electron chi connectivity index (χ0n) is 21.4. The molecule has 33 heavy (non-hydrogen) atoms. The van der Waals surface area contributed by atoms with Crippen LogP contribution in [0.4, 0.5) is 4.79 Å². The van der Waals surface area contributed by atoms with E-state index in [-0.39, 0.29) is 6.09 Å². The van der Waals surface area contributed by atoms with Crippen molar-refractivity contribution in [3.05, 3.63) is 52.8 Å². The van der Waals surface area contributed by atoms with Crippen LogP contribution in [0.15, 0.2) is 30.3 Å². The summed E-state index contributed by atoms with van der Waals surface area (Å²) in [6.07, 6.45) is 1.74. The lowest BCUT2D eigenvalue weighted by atomic mass is 10.00. The van der Waals surface area contributed by atoms with Crippen molar-refractivity contribution in [1.29, 1.82) is 0 Å². The Balaban J connectivity index is 0.00000122. The second-order valence-electron chi connectivity index (χ2n) is 9.04. The van der Waals surface area contributed by atoms with Gasteiger partial charge in [-0.25, -0.2) is 4.79 Å². The Morgan fingerprint density at radius 2 is 1.79 bits per heavy atom. The molecule has 7 heteroatoms. The summed E-state index contributed by atoms with van der Waals surface area (Å²) in [5.41, 5.74) is 3.55. The van der Waals surface area contributed by atoms with Gasteiger partial charge in [0.2, 0.25) is 5.69 Å². The van der Waals surface area contributed by atoms with E-state index in [1.165, 1.54) is 12.0 Å². The summed E-state index contributed by atoms with van der Waals surface area (Å²) in [6, 6.07) is 9.82. The number of hydrogen-bond donors (Lipinski definition) is 0. The molecule has 0 spiro atoms. The molecular weight excluding hydrogens is 420 g/mol. The van der Waals surface area contributed by atoms with E-state index in [0.29, 0.717) is 25.4 Å². The van der Waals surface area contributed by atoms with Crippen LogP contribution in [0.5, 0.6) is 11.5 Å². The Kier molecular flexibility index (Phi) is 9.38. The minimum atomic E-state index is -0.495. The Morgan fingerprint density at radius 1 is 1.09 bits per heavy atom. The third-order valence-corrected chi connectivity index (χ3v) is 4.95. The first kappa shape index (κ1) is 26.3. The summed E-state index contributed by atoms with van der Waals surface area (Å²) < 4.78 is 18.7. The molecule has 2 heterocycles. The molecule has 1 aliphatic heterocycles. The summed E-state index contributed by atoms with van der Waals surface area (Å²) in [4.78, 5) is 19.6. The molecule has 0 aliphatic carbocycles. The van der Waals surface area contributed by atoms with Crippen LogP contribution in [-0.4, -0.2) is 37.4 Å². The number of aryl methyl sites for hydroxylation is 1. The van der Waals surface area contributed by atoms with Gasteiger partial charge in [0.15, 0.2) is 12.4 Å². The van der Waals surface area contributed by atoms with Gasteiger partial charge in [0.25, 0.3) is 0 Å². The Morgan fingerprint density at radius 3 is 2.39 bits per heavy atom. The first-order valence-corrected chi connectivity index (χ1v) is 11.5. The third-order valence-electron chi connectivity index (χ3n) is 4.95. The summed E-state index contributed by atoms with van der Waals surface area (Å²) >= 11 is 0. The average Bonchev–Trinajstić information content (AvgIpc) is 2.76. The van der Waals surface area contributed by atoms with E-state index in [1.807, 2.05) is 58.0 Å². The zero-order valence-corrected chi connectivity index (χ0v) is 21.4. The Labute approximate surface area is 198 Å². The van der Waals surface area contributed by atoms with E-state index in [0.717, 1.165) is 29.1 Å². The van der Waals surface area contributed by atoms with Crippen molar-refractivity contribution in [3.63, 3.8) is 0 Å². The highest BCUT2D eigenvalue weighted by molar-refractivity contribution is 5.68. The normalized spacial score (nSPS) is 12.8. The fourth-order valence-corrected chi connectivity index (χ4v) is 3.50. The molecule has 182 valence electrons. The number of amides is 1. The van der Waals surface area contributed by atoms with Crippen molar-refractivity contribution in [2.75, 3.05) is 20.8 Å². The maximum atomic E-state index is 12.4. The standard InChI is InChI=1S/C23H31N2O5.C3H8/c1-16-7-10-21(27-5)20(25(16)28-6)15-29-19-9-8-18-14-24(12-11-17(18)13-19)22(26)30-23(2,3)4;1-3-2/h7-10,13H,11-12,14-15H2,1-6H3;3H2,1-2H3/q+1;. The van der Waals surface area contributed by atoms with Crippen LogP contribution in [0.25, 0.3) is 0 Å². The van der Waals surface area contributed by atoms with Gasteiger partial charge >= 0.3 is 11.8 Å². The second-order valence-corrected chi connectivity index (χ2v) is 9.04. The Bertz CT molecular complexity index is 937. The lowest BCUT2D eigenvalue weighted by molar-refractivity contribution is -0.895. The number of rotatable bonds is 5. The Hall–Kier alpha value is -2.96. The maximum absolute atomic E-state index is 12.4. The lowest BCUT2D eigenvalue weighted by Gasteiger charge is -2.31. The molecule has 0 unspecified atom stereocenters. The number of pyridine rings is 1. The molecule has 1 aromatic carbocycles. The minimum Gasteiger partial charge on any atom is -0.490 e. The van der Waals surface area contributed by atoms with E-state index in [2.05, 4.69) is 13.8 Å². The molecule has 7 nitrogen and oxygen atoms in total. The highest BCUT2D eigenvalue weighted by Crippen LogP contribution is 2.26. The average molecular weight is 460 g/mol. The van der Waals surface area contributed by atoms with Crippen molar-refractivity contribution in [1.82, 2.24) is 4.90 Å². The first-order chi connectivity index (χ1) is 15.6. The quantitative estimate of drug-likeness (QED) is 0.610. The van der Waals surface area contributed by atoms with Crippen LogP contribution in [0.1, 0.15) is 63.6 Å². The predicted octanol–water partition coefficient (Wildman–Crippen LogP) is 4.64. The number of aromatic nitrogens is 1. The van der Waals surface area contributed by atoms with Gasteiger partial charge in [0, 0.05) is 30.8 Å². The van der Waals surface area contributed by atoms with Crippen LogP contribution in [0, 0.1) is 6.92 Å². The van der Waals surface area contributed by atoms with Gasteiger partial charge in [0.1, 0.15) is 18.5 Å². The summed E-state index contributed by atoms with van der Waals surface area (Å²) in [5.74, 6) is 1.47. The second kappa shape index (κ2) is 11.8. The van der Waals surface area contributed by atoms with Gasteiger partial charge in [-0.05, 0) is 56.5 Å². The summed E-state index contributed by atoms with van der Waals surface area (Å²) in [5, 5.41) is 0. The molecule has 0 fully saturated rings. The van der Waals surface area contributed by atoms with Crippen LogP contribution >= 0.6 is 0 Å². The molecule has 0 radical (unpaired) electrons. The number of carbonyl (C=O) groups excluding carboxylic acids is 1. The monoisotopic (exact) mass is 459 g/mol. The van der Waals surface area contributed by atoms with E-state index >= 15 is 0 Å². The lowest BCUT2D eigenvalue weighted by Crippen LogP contribution is -2.48. The molecule has 1 aliphatic rings. The summed E-state index contributed by atoms with van der Waals surface area (Å²) in [6.45, 7) is 13.3. The fraction of sp³-hybridized carbons (Fsp3) is 0.538.